The summed E-state index contributed by atoms with van der Waals surface area (Å²) < 4.78 is 0. The maximum absolute atomic E-state index is 12.1. The zero-order valence-electron chi connectivity index (χ0n) is 12.8. The van der Waals surface area contributed by atoms with Crippen molar-refractivity contribution in [2.45, 2.75) is 18.9 Å². The molecule has 1 aliphatic rings. The lowest BCUT2D eigenvalue weighted by atomic mass is 10.2. The van der Waals surface area contributed by atoms with Crippen molar-refractivity contribution < 1.29 is 4.79 Å². The van der Waals surface area contributed by atoms with Gasteiger partial charge in [0, 0.05) is 29.4 Å². The van der Waals surface area contributed by atoms with Gasteiger partial charge in [0.25, 0.3) is 5.91 Å². The molecule has 3 aromatic heterocycles. The van der Waals surface area contributed by atoms with E-state index in [2.05, 4.69) is 25.6 Å². The molecule has 1 fully saturated rings. The van der Waals surface area contributed by atoms with Crippen molar-refractivity contribution in [3.05, 3.63) is 53.7 Å². The Morgan fingerprint density at radius 1 is 1.12 bits per heavy atom. The van der Waals surface area contributed by atoms with Crippen LogP contribution in [0.1, 0.15) is 23.2 Å². The van der Waals surface area contributed by atoms with E-state index in [-0.39, 0.29) is 5.91 Å². The van der Waals surface area contributed by atoms with Crippen LogP contribution in [0.2, 0.25) is 0 Å². The predicted molar refractivity (Wildman–Crippen MR) is 93.4 cm³/mol. The summed E-state index contributed by atoms with van der Waals surface area (Å²) in [6.07, 6.45) is 5.50. The molecule has 0 bridgehead atoms. The zero-order valence-corrected chi connectivity index (χ0v) is 13.6. The number of pyridine rings is 2. The summed E-state index contributed by atoms with van der Waals surface area (Å²) in [6.45, 7) is 0. The Balaban J connectivity index is 1.49. The fraction of sp³-hybridized carbons (Fsp3) is 0.176. The molecule has 2 N–H and O–H groups in total. The van der Waals surface area contributed by atoms with E-state index in [0.717, 1.165) is 24.2 Å². The minimum Gasteiger partial charge on any atom is -0.349 e. The third-order valence-corrected chi connectivity index (χ3v) is 4.36. The van der Waals surface area contributed by atoms with E-state index < -0.39 is 0 Å². The molecule has 6 nitrogen and oxygen atoms in total. The van der Waals surface area contributed by atoms with Crippen LogP contribution in [0.5, 0.6) is 0 Å². The largest absolute Gasteiger partial charge is 0.349 e. The summed E-state index contributed by atoms with van der Waals surface area (Å²) in [6, 6.07) is 9.50. The first-order chi connectivity index (χ1) is 11.8. The molecule has 120 valence electrons. The van der Waals surface area contributed by atoms with Gasteiger partial charge in [0.2, 0.25) is 0 Å². The highest BCUT2D eigenvalue weighted by atomic mass is 32.1. The van der Waals surface area contributed by atoms with Crippen LogP contribution in [-0.2, 0) is 0 Å². The van der Waals surface area contributed by atoms with Crippen LogP contribution in [0.3, 0.4) is 0 Å². The van der Waals surface area contributed by atoms with Gasteiger partial charge in [0.15, 0.2) is 5.13 Å². The second kappa shape index (κ2) is 6.37. The Kier molecular flexibility index (Phi) is 3.92. The average Bonchev–Trinajstić information content (AvgIpc) is 3.31. The van der Waals surface area contributed by atoms with Gasteiger partial charge in [-0.3, -0.25) is 9.78 Å². The Morgan fingerprint density at radius 3 is 2.83 bits per heavy atom. The van der Waals surface area contributed by atoms with Gasteiger partial charge in [-0.25, -0.2) is 9.97 Å². The van der Waals surface area contributed by atoms with E-state index in [9.17, 15) is 4.79 Å². The standard InChI is InChI=1S/C17H15N5OS/c23-16(20-12-4-5-12)11-6-8-19-15(9-11)22-17-21-14(10-24-17)13-3-1-2-7-18-13/h1-3,6-10,12H,4-5H2,(H,20,23)(H,19,21,22). The van der Waals surface area contributed by atoms with Crippen molar-refractivity contribution in [3.63, 3.8) is 0 Å². The molecule has 0 saturated heterocycles. The molecule has 0 spiro atoms. The highest BCUT2D eigenvalue weighted by Crippen LogP contribution is 2.25. The molecular weight excluding hydrogens is 322 g/mol. The number of nitrogens with one attached hydrogen (secondary N) is 2. The van der Waals surface area contributed by atoms with Gasteiger partial charge < -0.3 is 10.6 Å². The smallest absolute Gasteiger partial charge is 0.251 e. The fourth-order valence-electron chi connectivity index (χ4n) is 2.21. The van der Waals surface area contributed by atoms with E-state index in [4.69, 9.17) is 0 Å². The first-order valence-electron chi connectivity index (χ1n) is 7.69. The van der Waals surface area contributed by atoms with Crippen LogP contribution in [0.25, 0.3) is 11.4 Å². The number of hydrogen-bond donors (Lipinski definition) is 2. The number of nitrogens with zero attached hydrogens (tertiary/aromatic N) is 3. The number of aromatic nitrogens is 3. The quantitative estimate of drug-likeness (QED) is 0.747. The lowest BCUT2D eigenvalue weighted by Gasteiger charge is -2.05. The molecule has 4 rings (SSSR count). The highest BCUT2D eigenvalue weighted by molar-refractivity contribution is 7.14. The Labute approximate surface area is 143 Å². The van der Waals surface area contributed by atoms with Crippen LogP contribution < -0.4 is 10.6 Å². The Bertz CT molecular complexity index is 860. The number of anilines is 2. The minimum absolute atomic E-state index is 0.0590. The molecule has 1 amide bonds. The van der Waals surface area contributed by atoms with Gasteiger partial charge in [-0.1, -0.05) is 6.07 Å². The second-order valence-electron chi connectivity index (χ2n) is 5.56. The van der Waals surface area contributed by atoms with Crippen LogP contribution in [0.15, 0.2) is 48.1 Å². The van der Waals surface area contributed by atoms with E-state index >= 15 is 0 Å². The van der Waals surface area contributed by atoms with Gasteiger partial charge in [0.05, 0.1) is 5.69 Å². The first kappa shape index (κ1) is 14.8. The van der Waals surface area contributed by atoms with Crippen LogP contribution in [-0.4, -0.2) is 26.9 Å². The Morgan fingerprint density at radius 2 is 2.04 bits per heavy atom. The molecule has 1 saturated carbocycles. The average molecular weight is 337 g/mol. The predicted octanol–water partition coefficient (Wildman–Crippen LogP) is 3.24. The van der Waals surface area contributed by atoms with Crippen LogP contribution in [0, 0.1) is 0 Å². The number of rotatable bonds is 5. The summed E-state index contributed by atoms with van der Waals surface area (Å²) >= 11 is 1.47. The van der Waals surface area contributed by atoms with Crippen molar-refractivity contribution >= 4 is 28.2 Å². The zero-order chi connectivity index (χ0) is 16.4. The molecule has 0 radical (unpaired) electrons. The molecule has 3 aromatic rings. The van der Waals surface area contributed by atoms with Gasteiger partial charge >= 0.3 is 0 Å². The molecule has 3 heterocycles. The lowest BCUT2D eigenvalue weighted by molar-refractivity contribution is 0.0951. The number of carbonyl (C=O) groups excluding carboxylic acids is 1. The van der Waals surface area contributed by atoms with E-state index in [1.807, 2.05) is 23.6 Å². The van der Waals surface area contributed by atoms with E-state index in [1.165, 1.54) is 11.3 Å². The van der Waals surface area contributed by atoms with Gasteiger partial charge in [-0.15, -0.1) is 11.3 Å². The number of hydrogen-bond acceptors (Lipinski definition) is 6. The third-order valence-electron chi connectivity index (χ3n) is 3.60. The summed E-state index contributed by atoms with van der Waals surface area (Å²) in [5.74, 6) is 0.539. The highest BCUT2D eigenvalue weighted by Gasteiger charge is 2.23. The monoisotopic (exact) mass is 337 g/mol. The number of carbonyl (C=O) groups is 1. The molecule has 7 heteroatoms. The van der Waals surface area contributed by atoms with Gasteiger partial charge in [0.1, 0.15) is 11.5 Å². The molecule has 24 heavy (non-hydrogen) atoms. The third kappa shape index (κ3) is 3.41. The first-order valence-corrected chi connectivity index (χ1v) is 8.57. The van der Waals surface area contributed by atoms with Crippen LogP contribution >= 0.6 is 11.3 Å². The van der Waals surface area contributed by atoms with Crippen molar-refractivity contribution in [1.82, 2.24) is 20.3 Å². The summed E-state index contributed by atoms with van der Waals surface area (Å²) in [4.78, 5) is 25.2. The van der Waals surface area contributed by atoms with E-state index in [1.54, 1.807) is 24.5 Å². The van der Waals surface area contributed by atoms with Gasteiger partial charge in [-0.2, -0.15) is 0 Å². The summed E-state index contributed by atoms with van der Waals surface area (Å²) in [7, 11) is 0. The Hall–Kier alpha value is -2.80. The molecule has 0 aromatic carbocycles. The normalized spacial score (nSPS) is 13.5. The fourth-order valence-corrected chi connectivity index (χ4v) is 2.92. The second-order valence-corrected chi connectivity index (χ2v) is 6.41. The number of thiazole rings is 1. The van der Waals surface area contributed by atoms with Crippen molar-refractivity contribution in [1.29, 1.82) is 0 Å². The topological polar surface area (TPSA) is 79.8 Å². The maximum atomic E-state index is 12.1. The maximum Gasteiger partial charge on any atom is 0.251 e. The molecular formula is C17H15N5OS. The summed E-state index contributed by atoms with van der Waals surface area (Å²) in [5.41, 5.74) is 2.24. The van der Waals surface area contributed by atoms with Crippen LogP contribution in [0.4, 0.5) is 10.9 Å². The molecule has 0 aliphatic heterocycles. The van der Waals surface area contributed by atoms with Crippen molar-refractivity contribution in [2.75, 3.05) is 5.32 Å². The van der Waals surface area contributed by atoms with Crippen molar-refractivity contribution in [3.8, 4) is 11.4 Å². The van der Waals surface area contributed by atoms with Crippen molar-refractivity contribution in [2.24, 2.45) is 0 Å². The molecule has 1 aliphatic carbocycles. The number of amides is 1. The van der Waals surface area contributed by atoms with Gasteiger partial charge in [-0.05, 0) is 37.1 Å². The summed E-state index contributed by atoms with van der Waals surface area (Å²) in [5, 5.41) is 8.77. The van der Waals surface area contributed by atoms with E-state index in [0.29, 0.717) is 22.6 Å². The lowest BCUT2D eigenvalue weighted by Crippen LogP contribution is -2.25. The SMILES string of the molecule is O=C(NC1CC1)c1ccnc(Nc2nc(-c3ccccn3)cs2)c1. The molecule has 0 atom stereocenters. The minimum atomic E-state index is -0.0590. The molecule has 0 unspecified atom stereocenters.